The number of hydrogen-bond donors (Lipinski definition) is 2. The number of aliphatic carboxylic acids is 1. The van der Waals surface area contributed by atoms with E-state index in [2.05, 4.69) is 19.2 Å². The van der Waals surface area contributed by atoms with Gasteiger partial charge < -0.3 is 10.4 Å². The third-order valence-electron chi connectivity index (χ3n) is 3.55. The topological polar surface area (TPSA) is 49.3 Å². The molecule has 1 rings (SSSR count). The van der Waals surface area contributed by atoms with Crippen LogP contribution in [0.5, 0.6) is 0 Å². The van der Waals surface area contributed by atoms with E-state index in [4.69, 9.17) is 5.11 Å². The van der Waals surface area contributed by atoms with Crippen LogP contribution < -0.4 is 5.32 Å². The summed E-state index contributed by atoms with van der Waals surface area (Å²) in [5.74, 6) is 0.844. The van der Waals surface area contributed by atoms with Crippen LogP contribution in [0.25, 0.3) is 0 Å². The van der Waals surface area contributed by atoms with Crippen LogP contribution in [-0.2, 0) is 4.79 Å². The Kier molecular flexibility index (Phi) is 5.26. The quantitative estimate of drug-likeness (QED) is 0.733. The predicted octanol–water partition coefficient (Wildman–Crippen LogP) is 2.65. The third kappa shape index (κ3) is 4.52. The summed E-state index contributed by atoms with van der Waals surface area (Å²) in [6.07, 6.45) is 6.16. The minimum absolute atomic E-state index is 0.408. The molecule has 0 radical (unpaired) electrons. The van der Waals surface area contributed by atoms with Crippen LogP contribution in [0.3, 0.4) is 0 Å². The molecule has 1 fully saturated rings. The van der Waals surface area contributed by atoms with E-state index >= 15 is 0 Å². The number of carboxylic acid groups (broad SMARTS) is 1. The van der Waals surface area contributed by atoms with Gasteiger partial charge in [-0.3, -0.25) is 4.79 Å². The number of rotatable bonds is 6. The predicted molar refractivity (Wildman–Crippen MR) is 65.4 cm³/mol. The third-order valence-corrected chi connectivity index (χ3v) is 3.55. The fourth-order valence-electron chi connectivity index (χ4n) is 2.48. The van der Waals surface area contributed by atoms with Crippen molar-refractivity contribution < 1.29 is 9.90 Å². The summed E-state index contributed by atoms with van der Waals surface area (Å²) in [5, 5.41) is 12.0. The minimum Gasteiger partial charge on any atom is -0.480 e. The van der Waals surface area contributed by atoms with Gasteiger partial charge in [-0.05, 0) is 38.0 Å². The van der Waals surface area contributed by atoms with Crippen molar-refractivity contribution in [3.63, 3.8) is 0 Å². The first-order valence-electron chi connectivity index (χ1n) is 6.48. The van der Waals surface area contributed by atoms with Gasteiger partial charge >= 0.3 is 5.97 Å². The zero-order chi connectivity index (χ0) is 12.1. The summed E-state index contributed by atoms with van der Waals surface area (Å²) < 4.78 is 0. The van der Waals surface area contributed by atoms with Gasteiger partial charge in [0.2, 0.25) is 0 Å². The molecule has 1 saturated carbocycles. The lowest BCUT2D eigenvalue weighted by Crippen LogP contribution is -2.40. The second kappa shape index (κ2) is 6.24. The van der Waals surface area contributed by atoms with Gasteiger partial charge in [-0.15, -0.1) is 0 Å². The monoisotopic (exact) mass is 227 g/mol. The number of hydrogen-bond acceptors (Lipinski definition) is 2. The van der Waals surface area contributed by atoms with Crippen molar-refractivity contribution in [2.24, 2.45) is 11.8 Å². The van der Waals surface area contributed by atoms with E-state index in [1.165, 1.54) is 19.3 Å². The Morgan fingerprint density at radius 2 is 2.06 bits per heavy atom. The van der Waals surface area contributed by atoms with Crippen LogP contribution in [0, 0.1) is 11.8 Å². The van der Waals surface area contributed by atoms with Crippen molar-refractivity contribution in [3.05, 3.63) is 0 Å². The average Bonchev–Trinajstić information content (AvgIpc) is 2.62. The van der Waals surface area contributed by atoms with Gasteiger partial charge in [-0.1, -0.05) is 26.7 Å². The first-order valence-corrected chi connectivity index (χ1v) is 6.48. The van der Waals surface area contributed by atoms with Crippen molar-refractivity contribution in [3.8, 4) is 0 Å². The molecule has 2 N–H and O–H groups in total. The second-order valence-corrected chi connectivity index (χ2v) is 5.57. The highest BCUT2D eigenvalue weighted by Gasteiger charge is 2.26. The SMILES string of the molecule is CC(C)CCC1CCC(N[C@@H](C)C(=O)O)C1. The van der Waals surface area contributed by atoms with Crippen molar-refractivity contribution in [2.75, 3.05) is 0 Å². The maximum atomic E-state index is 10.7. The van der Waals surface area contributed by atoms with Gasteiger partial charge in [0, 0.05) is 6.04 Å². The summed E-state index contributed by atoms with van der Waals surface area (Å²) in [4.78, 5) is 10.7. The number of nitrogens with one attached hydrogen (secondary N) is 1. The first-order chi connectivity index (χ1) is 7.49. The van der Waals surface area contributed by atoms with Gasteiger partial charge in [0.15, 0.2) is 0 Å². The Balaban J connectivity index is 2.22. The van der Waals surface area contributed by atoms with Crippen molar-refractivity contribution in [1.82, 2.24) is 5.32 Å². The molecule has 3 heteroatoms. The van der Waals surface area contributed by atoms with Crippen molar-refractivity contribution >= 4 is 5.97 Å². The van der Waals surface area contributed by atoms with E-state index in [1.54, 1.807) is 6.92 Å². The van der Waals surface area contributed by atoms with Gasteiger partial charge in [-0.25, -0.2) is 0 Å². The van der Waals surface area contributed by atoms with Crippen molar-refractivity contribution in [1.29, 1.82) is 0 Å². The molecule has 0 aromatic carbocycles. The molecule has 0 bridgehead atoms. The maximum Gasteiger partial charge on any atom is 0.320 e. The molecular formula is C13H25NO2. The van der Waals surface area contributed by atoms with Crippen LogP contribution in [0.15, 0.2) is 0 Å². The molecule has 0 aromatic rings. The molecule has 2 unspecified atom stereocenters. The van der Waals surface area contributed by atoms with Crippen LogP contribution in [0.2, 0.25) is 0 Å². The Bertz CT molecular complexity index is 228. The highest BCUT2D eigenvalue weighted by atomic mass is 16.4. The summed E-state index contributed by atoms with van der Waals surface area (Å²) in [6, 6.07) is 0.0112. The van der Waals surface area contributed by atoms with E-state index < -0.39 is 12.0 Å². The molecule has 1 aliphatic carbocycles. The Hall–Kier alpha value is -0.570. The standard InChI is InChI=1S/C13H25NO2/c1-9(2)4-5-11-6-7-12(8-11)14-10(3)13(15)16/h9-12,14H,4-8H2,1-3H3,(H,15,16)/t10-,11?,12?/m0/s1. The molecule has 1 aliphatic rings. The average molecular weight is 227 g/mol. The summed E-state index contributed by atoms with van der Waals surface area (Å²) in [6.45, 7) is 6.25. The number of carboxylic acids is 1. The lowest BCUT2D eigenvalue weighted by Gasteiger charge is -2.16. The maximum absolute atomic E-state index is 10.7. The normalized spacial score (nSPS) is 27.2. The minimum atomic E-state index is -0.745. The van der Waals surface area contributed by atoms with Gasteiger partial charge in [0.25, 0.3) is 0 Å². The van der Waals surface area contributed by atoms with Gasteiger partial charge in [-0.2, -0.15) is 0 Å². The zero-order valence-corrected chi connectivity index (χ0v) is 10.7. The lowest BCUT2D eigenvalue weighted by atomic mass is 9.96. The fourth-order valence-corrected chi connectivity index (χ4v) is 2.48. The molecule has 3 atom stereocenters. The summed E-state index contributed by atoms with van der Waals surface area (Å²) >= 11 is 0. The Morgan fingerprint density at radius 1 is 1.38 bits per heavy atom. The lowest BCUT2D eigenvalue weighted by molar-refractivity contribution is -0.139. The first kappa shape index (κ1) is 13.5. The summed E-state index contributed by atoms with van der Waals surface area (Å²) in [5.41, 5.74) is 0. The van der Waals surface area contributed by atoms with Crippen molar-refractivity contribution in [2.45, 2.75) is 65.0 Å². The highest BCUT2D eigenvalue weighted by Crippen LogP contribution is 2.30. The molecular weight excluding hydrogens is 202 g/mol. The van der Waals surface area contributed by atoms with Crippen LogP contribution in [0.4, 0.5) is 0 Å². The molecule has 94 valence electrons. The Labute approximate surface area is 98.6 Å². The molecule has 0 saturated heterocycles. The molecule has 0 amide bonds. The smallest absolute Gasteiger partial charge is 0.320 e. The van der Waals surface area contributed by atoms with Crippen LogP contribution >= 0.6 is 0 Å². The molecule has 0 heterocycles. The number of carbonyl (C=O) groups is 1. The van der Waals surface area contributed by atoms with Crippen LogP contribution in [0.1, 0.15) is 52.9 Å². The van der Waals surface area contributed by atoms with Gasteiger partial charge in [0.05, 0.1) is 0 Å². The van der Waals surface area contributed by atoms with Gasteiger partial charge in [0.1, 0.15) is 6.04 Å². The molecule has 16 heavy (non-hydrogen) atoms. The Morgan fingerprint density at radius 3 is 2.62 bits per heavy atom. The van der Waals surface area contributed by atoms with E-state index in [9.17, 15) is 4.79 Å². The summed E-state index contributed by atoms with van der Waals surface area (Å²) in [7, 11) is 0. The fraction of sp³-hybridized carbons (Fsp3) is 0.923. The molecule has 0 spiro atoms. The van der Waals surface area contributed by atoms with E-state index in [0.717, 1.165) is 24.7 Å². The molecule has 3 nitrogen and oxygen atoms in total. The largest absolute Gasteiger partial charge is 0.480 e. The van der Waals surface area contributed by atoms with Crippen LogP contribution in [-0.4, -0.2) is 23.2 Å². The highest BCUT2D eigenvalue weighted by molar-refractivity contribution is 5.72. The zero-order valence-electron chi connectivity index (χ0n) is 10.7. The molecule has 0 aliphatic heterocycles. The molecule has 0 aromatic heterocycles. The van der Waals surface area contributed by atoms with E-state index in [-0.39, 0.29) is 0 Å². The van der Waals surface area contributed by atoms with E-state index in [0.29, 0.717) is 6.04 Å². The van der Waals surface area contributed by atoms with E-state index in [1.807, 2.05) is 0 Å². The second-order valence-electron chi connectivity index (χ2n) is 5.57.